The maximum absolute atomic E-state index is 6.03. The molecule has 3 nitrogen and oxygen atoms in total. The van der Waals surface area contributed by atoms with Gasteiger partial charge in [0, 0.05) is 37.4 Å². The van der Waals surface area contributed by atoms with Crippen molar-refractivity contribution >= 4 is 5.69 Å². The molecular formula is C18H29N3. The van der Waals surface area contributed by atoms with Gasteiger partial charge in [-0.05, 0) is 50.3 Å². The third-order valence-electron chi connectivity index (χ3n) is 5.35. The van der Waals surface area contributed by atoms with Crippen molar-refractivity contribution in [3.8, 4) is 0 Å². The van der Waals surface area contributed by atoms with Crippen LogP contribution in [0.2, 0.25) is 0 Å². The fraction of sp³-hybridized carbons (Fsp3) is 0.667. The Labute approximate surface area is 129 Å². The standard InChI is InChI=1S/C18H29N3/c1-15-7-12-21(18(13-15)14-19)17-8-10-20(11-9-17)16-5-3-2-4-6-16/h2-6,15,17-18H,7-14,19H2,1H3. The van der Waals surface area contributed by atoms with Crippen molar-refractivity contribution < 1.29 is 0 Å². The van der Waals surface area contributed by atoms with E-state index in [-0.39, 0.29) is 0 Å². The summed E-state index contributed by atoms with van der Waals surface area (Å²) in [5, 5.41) is 0. The number of nitrogens with two attached hydrogens (primary N) is 1. The summed E-state index contributed by atoms with van der Waals surface area (Å²) >= 11 is 0. The van der Waals surface area contributed by atoms with Gasteiger partial charge in [0.25, 0.3) is 0 Å². The minimum atomic E-state index is 0.613. The van der Waals surface area contributed by atoms with E-state index in [0.29, 0.717) is 6.04 Å². The first-order valence-corrected chi connectivity index (χ1v) is 8.53. The number of para-hydroxylation sites is 1. The molecular weight excluding hydrogens is 258 g/mol. The van der Waals surface area contributed by atoms with Gasteiger partial charge in [0.2, 0.25) is 0 Å². The summed E-state index contributed by atoms with van der Waals surface area (Å²) in [5.41, 5.74) is 7.40. The largest absolute Gasteiger partial charge is 0.371 e. The van der Waals surface area contributed by atoms with Gasteiger partial charge in [0.05, 0.1) is 0 Å². The van der Waals surface area contributed by atoms with E-state index in [1.54, 1.807) is 0 Å². The lowest BCUT2D eigenvalue weighted by Gasteiger charge is -2.46. The first kappa shape index (κ1) is 14.9. The first-order valence-electron chi connectivity index (χ1n) is 8.53. The van der Waals surface area contributed by atoms with Crippen LogP contribution in [0.15, 0.2) is 30.3 Å². The van der Waals surface area contributed by atoms with Crippen molar-refractivity contribution in [1.29, 1.82) is 0 Å². The van der Waals surface area contributed by atoms with Gasteiger partial charge >= 0.3 is 0 Å². The Hall–Kier alpha value is -1.06. The second-order valence-electron chi connectivity index (χ2n) is 6.81. The van der Waals surface area contributed by atoms with Crippen molar-refractivity contribution in [1.82, 2.24) is 4.90 Å². The Balaban J connectivity index is 1.58. The average molecular weight is 287 g/mol. The predicted octanol–water partition coefficient (Wildman–Crippen LogP) is 2.71. The zero-order chi connectivity index (χ0) is 14.7. The van der Waals surface area contributed by atoms with Gasteiger partial charge in [0.1, 0.15) is 0 Å². The number of hydrogen-bond acceptors (Lipinski definition) is 3. The Morgan fingerprint density at radius 2 is 1.76 bits per heavy atom. The molecule has 2 N–H and O–H groups in total. The molecule has 0 saturated carbocycles. The van der Waals surface area contributed by atoms with Gasteiger partial charge in [-0.25, -0.2) is 0 Å². The Kier molecular flexibility index (Phi) is 4.81. The molecule has 0 spiro atoms. The molecule has 21 heavy (non-hydrogen) atoms. The molecule has 2 aliphatic heterocycles. The Bertz CT molecular complexity index is 425. The van der Waals surface area contributed by atoms with Gasteiger partial charge in [-0.2, -0.15) is 0 Å². The molecule has 2 atom stereocenters. The van der Waals surface area contributed by atoms with Crippen molar-refractivity contribution in [2.24, 2.45) is 11.7 Å². The van der Waals surface area contributed by atoms with Crippen molar-refractivity contribution in [2.75, 3.05) is 31.1 Å². The highest BCUT2D eigenvalue weighted by atomic mass is 15.2. The Morgan fingerprint density at radius 1 is 1.05 bits per heavy atom. The molecule has 0 radical (unpaired) electrons. The van der Waals surface area contributed by atoms with Crippen LogP contribution in [0.1, 0.15) is 32.6 Å². The third kappa shape index (κ3) is 3.41. The lowest BCUT2D eigenvalue weighted by molar-refractivity contribution is 0.0639. The molecule has 0 amide bonds. The lowest BCUT2D eigenvalue weighted by Crippen LogP contribution is -2.54. The van der Waals surface area contributed by atoms with Gasteiger partial charge in [0.15, 0.2) is 0 Å². The summed E-state index contributed by atoms with van der Waals surface area (Å²) in [6.45, 7) is 6.80. The minimum Gasteiger partial charge on any atom is -0.371 e. The van der Waals surface area contributed by atoms with Crippen LogP contribution < -0.4 is 10.6 Å². The molecule has 2 saturated heterocycles. The van der Waals surface area contributed by atoms with Gasteiger partial charge in [-0.15, -0.1) is 0 Å². The van der Waals surface area contributed by atoms with Crippen molar-refractivity contribution in [3.63, 3.8) is 0 Å². The monoisotopic (exact) mass is 287 g/mol. The topological polar surface area (TPSA) is 32.5 Å². The highest BCUT2D eigenvalue weighted by Crippen LogP contribution is 2.29. The minimum absolute atomic E-state index is 0.613. The van der Waals surface area contributed by atoms with E-state index in [9.17, 15) is 0 Å². The summed E-state index contributed by atoms with van der Waals surface area (Å²) in [5.74, 6) is 0.846. The zero-order valence-electron chi connectivity index (χ0n) is 13.2. The fourth-order valence-electron chi connectivity index (χ4n) is 4.08. The molecule has 116 valence electrons. The highest BCUT2D eigenvalue weighted by molar-refractivity contribution is 5.46. The van der Waals surface area contributed by atoms with Crippen LogP contribution in [0.25, 0.3) is 0 Å². The smallest absolute Gasteiger partial charge is 0.0366 e. The lowest BCUT2D eigenvalue weighted by atomic mass is 9.89. The molecule has 3 heteroatoms. The van der Waals surface area contributed by atoms with Crippen LogP contribution in [-0.2, 0) is 0 Å². The third-order valence-corrected chi connectivity index (χ3v) is 5.35. The maximum atomic E-state index is 6.03. The predicted molar refractivity (Wildman–Crippen MR) is 89.6 cm³/mol. The fourth-order valence-corrected chi connectivity index (χ4v) is 4.08. The van der Waals surface area contributed by atoms with Crippen LogP contribution in [0.4, 0.5) is 5.69 Å². The summed E-state index contributed by atoms with van der Waals surface area (Å²) < 4.78 is 0. The second kappa shape index (κ2) is 6.80. The van der Waals surface area contributed by atoms with Crippen LogP contribution in [0.5, 0.6) is 0 Å². The van der Waals surface area contributed by atoms with Gasteiger partial charge in [-0.3, -0.25) is 4.90 Å². The van der Waals surface area contributed by atoms with E-state index in [1.807, 2.05) is 0 Å². The maximum Gasteiger partial charge on any atom is 0.0366 e. The normalized spacial score (nSPS) is 28.8. The van der Waals surface area contributed by atoms with Crippen molar-refractivity contribution in [2.45, 2.75) is 44.7 Å². The first-order chi connectivity index (χ1) is 10.3. The van der Waals surface area contributed by atoms with E-state index in [0.717, 1.165) is 18.5 Å². The SMILES string of the molecule is CC1CCN(C2CCN(c3ccccc3)CC2)C(CN)C1. The van der Waals surface area contributed by atoms with Crippen LogP contribution in [0, 0.1) is 5.92 Å². The second-order valence-corrected chi connectivity index (χ2v) is 6.81. The van der Waals surface area contributed by atoms with Crippen LogP contribution >= 0.6 is 0 Å². The molecule has 2 unspecified atom stereocenters. The highest BCUT2D eigenvalue weighted by Gasteiger charge is 2.32. The Morgan fingerprint density at radius 3 is 2.43 bits per heavy atom. The molecule has 1 aromatic carbocycles. The molecule has 2 aliphatic rings. The van der Waals surface area contributed by atoms with E-state index >= 15 is 0 Å². The molecule has 1 aromatic rings. The van der Waals surface area contributed by atoms with E-state index in [2.05, 4.69) is 47.1 Å². The molecule has 2 heterocycles. The van der Waals surface area contributed by atoms with Gasteiger partial charge < -0.3 is 10.6 Å². The van der Waals surface area contributed by atoms with Crippen LogP contribution in [0.3, 0.4) is 0 Å². The summed E-state index contributed by atoms with van der Waals surface area (Å²) in [6.07, 6.45) is 5.18. The number of benzene rings is 1. The number of piperidine rings is 2. The van der Waals surface area contributed by atoms with Crippen LogP contribution in [-0.4, -0.2) is 43.2 Å². The van der Waals surface area contributed by atoms with Gasteiger partial charge in [-0.1, -0.05) is 25.1 Å². The average Bonchev–Trinajstić information content (AvgIpc) is 2.56. The number of hydrogen-bond donors (Lipinski definition) is 1. The summed E-state index contributed by atoms with van der Waals surface area (Å²) in [6, 6.07) is 12.2. The molecule has 0 aliphatic carbocycles. The number of rotatable bonds is 3. The quantitative estimate of drug-likeness (QED) is 0.928. The molecule has 0 aromatic heterocycles. The number of anilines is 1. The molecule has 2 fully saturated rings. The number of likely N-dealkylation sites (tertiary alicyclic amines) is 1. The molecule has 3 rings (SSSR count). The zero-order valence-corrected chi connectivity index (χ0v) is 13.2. The van der Waals surface area contributed by atoms with Crippen molar-refractivity contribution in [3.05, 3.63) is 30.3 Å². The summed E-state index contributed by atoms with van der Waals surface area (Å²) in [4.78, 5) is 5.25. The van der Waals surface area contributed by atoms with E-state index < -0.39 is 0 Å². The summed E-state index contributed by atoms with van der Waals surface area (Å²) in [7, 11) is 0. The van der Waals surface area contributed by atoms with E-state index in [4.69, 9.17) is 5.73 Å². The molecule has 0 bridgehead atoms. The number of nitrogens with zero attached hydrogens (tertiary/aromatic N) is 2. The van der Waals surface area contributed by atoms with E-state index in [1.165, 1.54) is 51.0 Å².